The molecule has 1 aromatic carbocycles. The minimum atomic E-state index is -0.205. The number of nitrogens with one attached hydrogen (secondary N) is 4. The smallest absolute Gasteiger partial charge is 0.314 e. The zero-order valence-corrected chi connectivity index (χ0v) is 11.8. The number of H-pyrrole nitrogens is 3. The molecule has 0 aliphatic heterocycles. The largest absolute Gasteiger partial charge is 0.323 e. The molecule has 0 amide bonds. The first-order valence-electron chi connectivity index (χ1n) is 5.79. The van der Waals surface area contributed by atoms with Gasteiger partial charge in [-0.05, 0) is 35.1 Å². The van der Waals surface area contributed by atoms with E-state index in [2.05, 4.69) is 41.4 Å². The summed E-state index contributed by atoms with van der Waals surface area (Å²) in [6.07, 6.45) is 0. The normalized spacial score (nSPS) is 11.3. The Morgan fingerprint density at radius 3 is 2.89 bits per heavy atom. The lowest BCUT2D eigenvalue weighted by Gasteiger charge is -1.99. The highest BCUT2D eigenvalue weighted by Crippen LogP contribution is 2.29. The predicted octanol–water partition coefficient (Wildman–Crippen LogP) is 1.73. The van der Waals surface area contributed by atoms with Gasteiger partial charge in [-0.3, -0.25) is 5.10 Å². The summed E-state index contributed by atoms with van der Waals surface area (Å²) in [5.74, 6) is 0. The Bertz CT molecular complexity index is 785. The molecule has 0 saturated heterocycles. The third-order valence-electron chi connectivity index (χ3n) is 2.92. The van der Waals surface area contributed by atoms with Crippen molar-refractivity contribution in [2.24, 2.45) is 0 Å². The van der Waals surface area contributed by atoms with Crippen molar-refractivity contribution in [3.8, 4) is 11.3 Å². The first-order chi connectivity index (χ1) is 9.19. The molecular weight excluding hydrogens is 310 g/mol. The summed E-state index contributed by atoms with van der Waals surface area (Å²) in [6.45, 7) is 0.705. The molecule has 0 unspecified atom stereocenters. The molecule has 0 spiro atoms. The number of halogens is 1. The van der Waals surface area contributed by atoms with Gasteiger partial charge >= 0.3 is 5.69 Å². The number of fused-ring (bicyclic) bond motifs is 1. The van der Waals surface area contributed by atoms with Crippen molar-refractivity contribution >= 4 is 27.0 Å². The molecule has 0 saturated carbocycles. The number of hydrogen-bond acceptors (Lipinski definition) is 3. The zero-order valence-electron chi connectivity index (χ0n) is 10.2. The van der Waals surface area contributed by atoms with Gasteiger partial charge in [-0.2, -0.15) is 5.10 Å². The van der Waals surface area contributed by atoms with Gasteiger partial charge in [-0.15, -0.1) is 0 Å². The van der Waals surface area contributed by atoms with Crippen LogP contribution in [0.5, 0.6) is 0 Å². The predicted molar refractivity (Wildman–Crippen MR) is 77.0 cm³/mol. The second-order valence-electron chi connectivity index (χ2n) is 4.23. The molecule has 2 heterocycles. The number of imidazole rings is 1. The molecule has 2 aromatic heterocycles. The number of hydrogen-bond donors (Lipinski definition) is 4. The van der Waals surface area contributed by atoms with Crippen LogP contribution in [0.15, 0.2) is 27.5 Å². The van der Waals surface area contributed by atoms with Crippen LogP contribution in [0.2, 0.25) is 0 Å². The van der Waals surface area contributed by atoms with Crippen molar-refractivity contribution in [1.29, 1.82) is 0 Å². The van der Waals surface area contributed by atoms with Crippen molar-refractivity contribution in [3.05, 3.63) is 38.9 Å². The molecule has 0 aliphatic carbocycles. The average molecular weight is 322 g/mol. The minimum Gasteiger partial charge on any atom is -0.314 e. The van der Waals surface area contributed by atoms with Crippen molar-refractivity contribution in [2.45, 2.75) is 6.54 Å². The lowest BCUT2D eigenvalue weighted by molar-refractivity contribution is 0.781. The third kappa shape index (κ3) is 2.11. The van der Waals surface area contributed by atoms with E-state index in [0.29, 0.717) is 6.54 Å². The summed E-state index contributed by atoms with van der Waals surface area (Å²) in [6, 6.07) is 5.69. The van der Waals surface area contributed by atoms with Crippen LogP contribution < -0.4 is 11.0 Å². The quantitative estimate of drug-likeness (QED) is 0.592. The maximum absolute atomic E-state index is 11.2. The molecule has 0 aliphatic rings. The molecule has 0 radical (unpaired) electrons. The summed E-state index contributed by atoms with van der Waals surface area (Å²) < 4.78 is 0.930. The van der Waals surface area contributed by atoms with E-state index in [-0.39, 0.29) is 5.69 Å². The van der Waals surface area contributed by atoms with E-state index in [4.69, 9.17) is 0 Å². The number of aromatic amines is 3. The van der Waals surface area contributed by atoms with Crippen LogP contribution >= 0.6 is 15.9 Å². The topological polar surface area (TPSA) is 89.4 Å². The van der Waals surface area contributed by atoms with Gasteiger partial charge in [0.1, 0.15) is 5.69 Å². The summed E-state index contributed by atoms with van der Waals surface area (Å²) in [7, 11) is 1.88. The van der Waals surface area contributed by atoms with E-state index in [0.717, 1.165) is 32.5 Å². The van der Waals surface area contributed by atoms with Crippen molar-refractivity contribution in [2.75, 3.05) is 7.05 Å². The van der Waals surface area contributed by atoms with E-state index < -0.39 is 0 Å². The van der Waals surface area contributed by atoms with Crippen molar-refractivity contribution < 1.29 is 0 Å². The minimum absolute atomic E-state index is 0.205. The number of benzene rings is 1. The number of aromatic nitrogens is 4. The third-order valence-corrected chi connectivity index (χ3v) is 3.77. The highest BCUT2D eigenvalue weighted by molar-refractivity contribution is 9.10. The molecule has 0 atom stereocenters. The second-order valence-corrected chi connectivity index (χ2v) is 5.03. The van der Waals surface area contributed by atoms with E-state index >= 15 is 0 Å². The fraction of sp³-hybridized carbons (Fsp3) is 0.167. The summed E-state index contributed by atoms with van der Waals surface area (Å²) >= 11 is 3.54. The fourth-order valence-corrected chi connectivity index (χ4v) is 2.58. The van der Waals surface area contributed by atoms with Crippen LogP contribution in [0.3, 0.4) is 0 Å². The van der Waals surface area contributed by atoms with Crippen molar-refractivity contribution in [3.63, 3.8) is 0 Å². The van der Waals surface area contributed by atoms with Gasteiger partial charge < -0.3 is 15.3 Å². The molecule has 7 heteroatoms. The Kier molecular flexibility index (Phi) is 3.00. The second kappa shape index (κ2) is 4.67. The highest BCUT2D eigenvalue weighted by Gasteiger charge is 2.12. The van der Waals surface area contributed by atoms with Crippen LogP contribution in [0, 0.1) is 0 Å². The van der Waals surface area contributed by atoms with E-state index in [1.807, 2.05) is 25.2 Å². The highest BCUT2D eigenvalue weighted by atomic mass is 79.9. The van der Waals surface area contributed by atoms with Crippen LogP contribution in [0.1, 0.15) is 5.69 Å². The van der Waals surface area contributed by atoms with Gasteiger partial charge in [-0.25, -0.2) is 4.79 Å². The maximum Gasteiger partial charge on any atom is 0.323 e. The molecule has 4 N–H and O–H groups in total. The molecule has 0 bridgehead atoms. The number of nitrogens with zero attached hydrogens (tertiary/aromatic N) is 1. The zero-order chi connectivity index (χ0) is 13.4. The van der Waals surface area contributed by atoms with Gasteiger partial charge in [-0.1, -0.05) is 6.07 Å². The van der Waals surface area contributed by atoms with E-state index in [1.165, 1.54) is 0 Å². The first kappa shape index (κ1) is 12.2. The number of rotatable bonds is 3. The Morgan fingerprint density at radius 1 is 1.32 bits per heavy atom. The van der Waals surface area contributed by atoms with Crippen LogP contribution in [-0.4, -0.2) is 27.2 Å². The molecule has 6 nitrogen and oxygen atoms in total. The molecule has 19 heavy (non-hydrogen) atoms. The summed E-state index contributed by atoms with van der Waals surface area (Å²) in [4.78, 5) is 16.7. The van der Waals surface area contributed by atoms with Gasteiger partial charge in [0.05, 0.1) is 21.2 Å². The SMILES string of the molecule is CNCc1[nH]nc(-c2ccc3[nH]c(=O)[nH]c3c2)c1Br. The first-order valence-corrected chi connectivity index (χ1v) is 6.58. The Balaban J connectivity index is 2.10. The Hall–Kier alpha value is -1.86. The average Bonchev–Trinajstić information content (AvgIpc) is 2.92. The molecule has 3 aromatic rings. The van der Waals surface area contributed by atoms with Crippen LogP contribution in [0.4, 0.5) is 0 Å². The van der Waals surface area contributed by atoms with Crippen LogP contribution in [0.25, 0.3) is 22.3 Å². The molecular formula is C12H12BrN5O. The maximum atomic E-state index is 11.2. The van der Waals surface area contributed by atoms with E-state index in [9.17, 15) is 4.79 Å². The van der Waals surface area contributed by atoms with Crippen molar-refractivity contribution in [1.82, 2.24) is 25.5 Å². The lowest BCUT2D eigenvalue weighted by atomic mass is 10.1. The Morgan fingerprint density at radius 2 is 2.11 bits per heavy atom. The fourth-order valence-electron chi connectivity index (χ4n) is 2.03. The standard InChI is InChI=1S/C12H12BrN5O/c1-14-5-9-10(13)11(18-17-9)6-2-3-7-8(4-6)16-12(19)15-7/h2-4,14H,5H2,1H3,(H,17,18)(H2,15,16,19). The summed E-state index contributed by atoms with van der Waals surface area (Å²) in [5, 5.41) is 10.4. The molecule has 0 fully saturated rings. The Labute approximate surface area is 116 Å². The van der Waals surface area contributed by atoms with Crippen LogP contribution in [-0.2, 0) is 6.54 Å². The monoisotopic (exact) mass is 321 g/mol. The summed E-state index contributed by atoms with van der Waals surface area (Å²) in [5.41, 5.74) is 4.11. The van der Waals surface area contributed by atoms with E-state index in [1.54, 1.807) is 0 Å². The molecule has 98 valence electrons. The van der Waals surface area contributed by atoms with Gasteiger partial charge in [0.25, 0.3) is 0 Å². The van der Waals surface area contributed by atoms with Gasteiger partial charge in [0.2, 0.25) is 0 Å². The van der Waals surface area contributed by atoms with Gasteiger partial charge in [0, 0.05) is 12.1 Å². The molecule has 3 rings (SSSR count). The van der Waals surface area contributed by atoms with Gasteiger partial charge in [0.15, 0.2) is 0 Å². The lowest BCUT2D eigenvalue weighted by Crippen LogP contribution is -2.05.